The molecule has 1 atom stereocenters. The molecule has 1 aromatic heterocycles. The molecule has 2 aromatic rings. The maximum Gasteiger partial charge on any atom is 0.253 e. The first-order valence-electron chi connectivity index (χ1n) is 8.94. The van der Waals surface area contributed by atoms with Crippen molar-refractivity contribution < 1.29 is 9.59 Å². The fraction of sp³-hybridized carbons (Fsp3) is 0.429. The van der Waals surface area contributed by atoms with Crippen molar-refractivity contribution in [3.63, 3.8) is 0 Å². The Bertz CT molecular complexity index is 819. The standard InChI is InChI=1S/C21H29N3O2/c1-13(2)17-9-8-10-18(12-17)24-14(3)11-19(16(24)5)20(25)22-15(4)21(26)23(6)7/h8-13,15H,1-7H3,(H,22,25). The molecule has 1 heterocycles. The van der Waals surface area contributed by atoms with Gasteiger partial charge in [-0.2, -0.15) is 0 Å². The molecule has 2 amide bonds. The Balaban J connectivity index is 2.34. The van der Waals surface area contributed by atoms with Gasteiger partial charge in [0, 0.05) is 31.2 Å². The van der Waals surface area contributed by atoms with Gasteiger partial charge in [-0.25, -0.2) is 0 Å². The largest absolute Gasteiger partial charge is 0.347 e. The average molecular weight is 355 g/mol. The molecule has 1 N–H and O–H groups in total. The molecule has 5 nitrogen and oxygen atoms in total. The number of nitrogens with one attached hydrogen (secondary N) is 1. The Morgan fingerprint density at radius 1 is 1.08 bits per heavy atom. The number of hydrogen-bond donors (Lipinski definition) is 1. The highest BCUT2D eigenvalue weighted by molar-refractivity contribution is 5.98. The number of amides is 2. The molecule has 0 saturated carbocycles. The number of aryl methyl sites for hydroxylation is 1. The molecule has 0 fully saturated rings. The van der Waals surface area contributed by atoms with Gasteiger partial charge < -0.3 is 14.8 Å². The topological polar surface area (TPSA) is 54.3 Å². The van der Waals surface area contributed by atoms with E-state index < -0.39 is 6.04 Å². The van der Waals surface area contributed by atoms with E-state index in [0.29, 0.717) is 11.5 Å². The van der Waals surface area contributed by atoms with Crippen LogP contribution in [0.3, 0.4) is 0 Å². The number of benzene rings is 1. The molecule has 0 bridgehead atoms. The van der Waals surface area contributed by atoms with E-state index in [2.05, 4.69) is 35.9 Å². The smallest absolute Gasteiger partial charge is 0.253 e. The van der Waals surface area contributed by atoms with Crippen LogP contribution in [0.4, 0.5) is 0 Å². The third-order valence-electron chi connectivity index (χ3n) is 4.63. The summed E-state index contributed by atoms with van der Waals surface area (Å²) in [6.07, 6.45) is 0. The van der Waals surface area contributed by atoms with Crippen molar-refractivity contribution in [1.82, 2.24) is 14.8 Å². The second-order valence-corrected chi connectivity index (χ2v) is 7.30. The number of carbonyl (C=O) groups is 2. The van der Waals surface area contributed by atoms with Gasteiger partial charge in [0.15, 0.2) is 0 Å². The van der Waals surface area contributed by atoms with Gasteiger partial charge in [-0.15, -0.1) is 0 Å². The van der Waals surface area contributed by atoms with Crippen LogP contribution < -0.4 is 5.32 Å². The number of likely N-dealkylation sites (N-methyl/N-ethyl adjacent to an activating group) is 1. The lowest BCUT2D eigenvalue weighted by molar-refractivity contribution is -0.130. The van der Waals surface area contributed by atoms with E-state index >= 15 is 0 Å². The highest BCUT2D eigenvalue weighted by Gasteiger charge is 2.22. The summed E-state index contributed by atoms with van der Waals surface area (Å²) < 4.78 is 2.08. The van der Waals surface area contributed by atoms with E-state index in [1.54, 1.807) is 21.0 Å². The molecular formula is C21H29N3O2. The average Bonchev–Trinajstić information content (AvgIpc) is 2.88. The third-order valence-corrected chi connectivity index (χ3v) is 4.63. The Labute approximate surface area is 156 Å². The van der Waals surface area contributed by atoms with Gasteiger partial charge in [0.25, 0.3) is 5.91 Å². The number of hydrogen-bond acceptors (Lipinski definition) is 2. The van der Waals surface area contributed by atoms with Gasteiger partial charge in [-0.3, -0.25) is 9.59 Å². The molecule has 2 rings (SSSR count). The zero-order valence-corrected chi connectivity index (χ0v) is 16.8. The molecule has 0 radical (unpaired) electrons. The van der Waals surface area contributed by atoms with Gasteiger partial charge in [-0.1, -0.05) is 26.0 Å². The first kappa shape index (κ1) is 19.8. The molecular weight excluding hydrogens is 326 g/mol. The van der Waals surface area contributed by atoms with E-state index in [9.17, 15) is 9.59 Å². The molecule has 1 aromatic carbocycles. The summed E-state index contributed by atoms with van der Waals surface area (Å²) in [6, 6.07) is 9.67. The minimum atomic E-state index is -0.565. The van der Waals surface area contributed by atoms with Gasteiger partial charge in [0.2, 0.25) is 5.91 Å². The van der Waals surface area contributed by atoms with Crippen LogP contribution in [0.25, 0.3) is 5.69 Å². The minimum Gasteiger partial charge on any atom is -0.347 e. The van der Waals surface area contributed by atoms with Crippen molar-refractivity contribution in [2.45, 2.75) is 46.6 Å². The summed E-state index contributed by atoms with van der Waals surface area (Å²) in [5.74, 6) is 0.0793. The van der Waals surface area contributed by atoms with Gasteiger partial charge in [-0.05, 0) is 50.5 Å². The summed E-state index contributed by atoms with van der Waals surface area (Å²) in [5.41, 5.74) is 4.75. The van der Waals surface area contributed by atoms with E-state index in [4.69, 9.17) is 0 Å². The predicted octanol–water partition coefficient (Wildman–Crippen LogP) is 3.42. The Morgan fingerprint density at radius 3 is 2.31 bits per heavy atom. The Kier molecular flexibility index (Phi) is 5.90. The van der Waals surface area contributed by atoms with Crippen LogP contribution in [-0.4, -0.2) is 41.4 Å². The molecule has 0 spiro atoms. The molecule has 0 aliphatic heterocycles. The Hall–Kier alpha value is -2.56. The highest BCUT2D eigenvalue weighted by Crippen LogP contribution is 2.24. The second kappa shape index (κ2) is 7.77. The van der Waals surface area contributed by atoms with Crippen molar-refractivity contribution in [3.8, 4) is 5.69 Å². The van der Waals surface area contributed by atoms with Crippen LogP contribution in [-0.2, 0) is 4.79 Å². The summed E-state index contributed by atoms with van der Waals surface area (Å²) in [7, 11) is 3.36. The normalized spacial score (nSPS) is 12.2. The second-order valence-electron chi connectivity index (χ2n) is 7.30. The van der Waals surface area contributed by atoms with Crippen LogP contribution in [0.1, 0.15) is 54.0 Å². The number of nitrogens with zero attached hydrogens (tertiary/aromatic N) is 2. The first-order valence-corrected chi connectivity index (χ1v) is 8.94. The van der Waals surface area contributed by atoms with Crippen molar-refractivity contribution in [1.29, 1.82) is 0 Å². The monoisotopic (exact) mass is 355 g/mol. The van der Waals surface area contributed by atoms with E-state index in [-0.39, 0.29) is 11.8 Å². The molecule has 5 heteroatoms. The van der Waals surface area contributed by atoms with E-state index in [0.717, 1.165) is 17.1 Å². The number of rotatable bonds is 5. The van der Waals surface area contributed by atoms with E-state index in [1.165, 1.54) is 10.5 Å². The highest BCUT2D eigenvalue weighted by atomic mass is 16.2. The maximum atomic E-state index is 12.7. The fourth-order valence-electron chi connectivity index (χ4n) is 3.14. The summed E-state index contributed by atoms with van der Waals surface area (Å²) >= 11 is 0. The zero-order valence-electron chi connectivity index (χ0n) is 16.8. The van der Waals surface area contributed by atoms with Gasteiger partial charge in [0.05, 0.1) is 5.56 Å². The predicted molar refractivity (Wildman–Crippen MR) is 105 cm³/mol. The van der Waals surface area contributed by atoms with Gasteiger partial charge >= 0.3 is 0 Å². The lowest BCUT2D eigenvalue weighted by Crippen LogP contribution is -2.44. The molecule has 26 heavy (non-hydrogen) atoms. The quantitative estimate of drug-likeness (QED) is 0.893. The summed E-state index contributed by atoms with van der Waals surface area (Å²) in [6.45, 7) is 9.95. The number of carbonyl (C=O) groups excluding carboxylic acids is 2. The first-order chi connectivity index (χ1) is 12.1. The number of aromatic nitrogens is 1. The summed E-state index contributed by atoms with van der Waals surface area (Å²) in [5, 5.41) is 2.80. The van der Waals surface area contributed by atoms with Crippen LogP contribution in [0.5, 0.6) is 0 Å². The van der Waals surface area contributed by atoms with Crippen molar-refractivity contribution >= 4 is 11.8 Å². The van der Waals surface area contributed by atoms with Crippen LogP contribution in [0, 0.1) is 13.8 Å². The molecule has 0 aliphatic rings. The van der Waals surface area contributed by atoms with Crippen molar-refractivity contribution in [2.75, 3.05) is 14.1 Å². The maximum absolute atomic E-state index is 12.7. The fourth-order valence-corrected chi connectivity index (χ4v) is 3.14. The minimum absolute atomic E-state index is 0.128. The van der Waals surface area contributed by atoms with Crippen LogP contribution in [0.15, 0.2) is 30.3 Å². The lowest BCUT2D eigenvalue weighted by Gasteiger charge is -2.18. The SMILES string of the molecule is Cc1cc(C(=O)NC(C)C(=O)N(C)C)c(C)n1-c1cccc(C(C)C)c1. The van der Waals surface area contributed by atoms with Crippen molar-refractivity contribution in [2.24, 2.45) is 0 Å². The van der Waals surface area contributed by atoms with Crippen LogP contribution in [0.2, 0.25) is 0 Å². The van der Waals surface area contributed by atoms with E-state index in [1.807, 2.05) is 32.0 Å². The molecule has 0 aliphatic carbocycles. The van der Waals surface area contributed by atoms with Crippen molar-refractivity contribution in [3.05, 3.63) is 52.8 Å². The Morgan fingerprint density at radius 2 is 1.73 bits per heavy atom. The lowest BCUT2D eigenvalue weighted by atomic mass is 10.0. The molecule has 1 unspecified atom stereocenters. The summed E-state index contributed by atoms with van der Waals surface area (Å²) in [4.78, 5) is 26.2. The zero-order chi connectivity index (χ0) is 19.6. The van der Waals surface area contributed by atoms with Gasteiger partial charge in [0.1, 0.15) is 6.04 Å². The third kappa shape index (κ3) is 3.98. The van der Waals surface area contributed by atoms with Crippen LogP contribution >= 0.6 is 0 Å². The molecule has 0 saturated heterocycles. The molecule has 140 valence electrons.